The number of aryl methyl sites for hydroxylation is 1. The first-order valence-corrected chi connectivity index (χ1v) is 15.7. The van der Waals surface area contributed by atoms with Crippen LogP contribution in [0.4, 0.5) is 0 Å². The van der Waals surface area contributed by atoms with Crippen LogP contribution < -0.4 is 0 Å². The van der Waals surface area contributed by atoms with Gasteiger partial charge in [0, 0.05) is 18.8 Å². The molecule has 3 aromatic carbocycles. The Morgan fingerprint density at radius 2 is 1.50 bits per heavy atom. The topological polar surface area (TPSA) is 97.1 Å². The van der Waals surface area contributed by atoms with E-state index in [1.807, 2.05) is 67.6 Å². The molecule has 1 aliphatic rings. The van der Waals surface area contributed by atoms with E-state index < -0.39 is 16.0 Å². The molecule has 0 radical (unpaired) electrons. The van der Waals surface area contributed by atoms with Crippen LogP contribution in [-0.2, 0) is 43.9 Å². The number of allylic oxidation sites excluding steroid dienone is 1. The van der Waals surface area contributed by atoms with E-state index in [0.29, 0.717) is 30.2 Å². The molecule has 2 heterocycles. The fraction of sp³-hybridized carbons (Fsp3) is 0.200. The van der Waals surface area contributed by atoms with Gasteiger partial charge in [-0.2, -0.15) is 4.31 Å². The lowest BCUT2D eigenvalue weighted by Crippen LogP contribution is -2.30. The highest BCUT2D eigenvalue weighted by Crippen LogP contribution is 2.32. The Morgan fingerprint density at radius 3 is 2.14 bits per heavy atom. The fourth-order valence-corrected chi connectivity index (χ4v) is 6.52. The number of carbonyl (C=O) groups is 2. The fourth-order valence-electron chi connectivity index (χ4n) is 5.13. The number of sulfonamides is 1. The summed E-state index contributed by atoms with van der Waals surface area (Å²) < 4.78 is 39.9. The van der Waals surface area contributed by atoms with E-state index in [1.165, 1.54) is 17.5 Å². The van der Waals surface area contributed by atoms with Crippen LogP contribution in [0.3, 0.4) is 0 Å². The van der Waals surface area contributed by atoms with Gasteiger partial charge in [-0.15, -0.1) is 0 Å². The molecule has 5 rings (SSSR count). The number of benzene rings is 3. The van der Waals surface area contributed by atoms with Crippen molar-refractivity contribution in [3.63, 3.8) is 0 Å². The smallest absolute Gasteiger partial charge is 0.340 e. The Hall–Kier alpha value is -4.73. The van der Waals surface area contributed by atoms with E-state index in [2.05, 4.69) is 0 Å². The number of ether oxygens (including phenoxy) is 1. The summed E-state index contributed by atoms with van der Waals surface area (Å²) in [5.74, 6) is -0.247. The van der Waals surface area contributed by atoms with Gasteiger partial charge >= 0.3 is 5.97 Å². The molecule has 0 spiro atoms. The Balaban J connectivity index is 1.42. The number of nitrogens with zero attached hydrogens (tertiary/aromatic N) is 2. The minimum Gasteiger partial charge on any atom is -0.465 e. The summed E-state index contributed by atoms with van der Waals surface area (Å²) in [6, 6.07) is 29.2. The van der Waals surface area contributed by atoms with Crippen LogP contribution in [0.15, 0.2) is 123 Å². The third-order valence-corrected chi connectivity index (χ3v) is 9.34. The van der Waals surface area contributed by atoms with E-state index in [0.717, 1.165) is 16.7 Å². The number of rotatable bonds is 11. The van der Waals surface area contributed by atoms with Gasteiger partial charge in [0.05, 0.1) is 29.7 Å². The molecule has 0 fully saturated rings. The summed E-state index contributed by atoms with van der Waals surface area (Å²) in [7, 11) is -2.60. The van der Waals surface area contributed by atoms with Crippen molar-refractivity contribution in [1.82, 2.24) is 9.21 Å². The molecule has 1 aromatic heterocycles. The Morgan fingerprint density at radius 1 is 0.864 bits per heavy atom. The number of methoxy groups -OCH3 is 1. The molecule has 9 heteroatoms. The van der Waals surface area contributed by atoms with Gasteiger partial charge in [-0.1, -0.05) is 78.4 Å². The maximum atomic E-state index is 13.7. The second kappa shape index (κ2) is 13.3. The molecule has 44 heavy (non-hydrogen) atoms. The molecule has 0 saturated carbocycles. The number of hydrogen-bond donors (Lipinski definition) is 0. The molecular formula is C35H34N2O6S. The highest BCUT2D eigenvalue weighted by molar-refractivity contribution is 7.89. The molecule has 4 aromatic rings. The first-order chi connectivity index (χ1) is 21.2. The summed E-state index contributed by atoms with van der Waals surface area (Å²) in [5.41, 5.74) is 3.70. The van der Waals surface area contributed by atoms with Gasteiger partial charge in [-0.3, -0.25) is 4.79 Å². The van der Waals surface area contributed by atoms with Gasteiger partial charge in [0.2, 0.25) is 10.0 Å². The second-order valence-electron chi connectivity index (χ2n) is 10.6. The summed E-state index contributed by atoms with van der Waals surface area (Å²) in [5, 5.41) is 0. The van der Waals surface area contributed by atoms with E-state index in [1.54, 1.807) is 48.2 Å². The zero-order chi connectivity index (χ0) is 31.3. The third-order valence-electron chi connectivity index (χ3n) is 7.53. The summed E-state index contributed by atoms with van der Waals surface area (Å²) in [4.78, 5) is 28.1. The largest absolute Gasteiger partial charge is 0.465 e. The second-order valence-corrected chi connectivity index (χ2v) is 12.5. The number of carbonyl (C=O) groups excluding carboxylic acids is 2. The van der Waals surface area contributed by atoms with Crippen molar-refractivity contribution in [3.05, 3.63) is 142 Å². The zero-order valence-electron chi connectivity index (χ0n) is 24.9. The maximum Gasteiger partial charge on any atom is 0.340 e. The van der Waals surface area contributed by atoms with Crippen LogP contribution >= 0.6 is 0 Å². The lowest BCUT2D eigenvalue weighted by atomic mass is 10.1. The molecule has 8 nitrogen and oxygen atoms in total. The molecule has 0 saturated heterocycles. The molecule has 0 atom stereocenters. The molecule has 0 unspecified atom stereocenters. The maximum absolute atomic E-state index is 13.7. The quantitative estimate of drug-likeness (QED) is 0.155. The molecule has 0 bridgehead atoms. The average molecular weight is 611 g/mol. The Kier molecular flexibility index (Phi) is 9.27. The van der Waals surface area contributed by atoms with E-state index >= 15 is 0 Å². The van der Waals surface area contributed by atoms with Crippen molar-refractivity contribution in [2.45, 2.75) is 38.3 Å². The number of amides is 1. The van der Waals surface area contributed by atoms with Gasteiger partial charge in [0.1, 0.15) is 11.5 Å². The summed E-state index contributed by atoms with van der Waals surface area (Å²) in [6.07, 6.45) is 2.13. The first kappa shape index (κ1) is 30.7. The monoisotopic (exact) mass is 610 g/mol. The highest BCUT2D eigenvalue weighted by atomic mass is 32.2. The van der Waals surface area contributed by atoms with Crippen LogP contribution in [-0.4, -0.2) is 43.2 Å². The van der Waals surface area contributed by atoms with Crippen molar-refractivity contribution in [2.75, 3.05) is 13.7 Å². The average Bonchev–Trinajstić information content (AvgIpc) is 3.57. The molecule has 226 valence electrons. The molecule has 0 aliphatic carbocycles. The van der Waals surface area contributed by atoms with Crippen molar-refractivity contribution in [1.29, 1.82) is 0 Å². The van der Waals surface area contributed by atoms with Crippen LogP contribution in [0.5, 0.6) is 0 Å². The number of esters is 1. The van der Waals surface area contributed by atoms with Gasteiger partial charge in [-0.05, 0) is 61.7 Å². The van der Waals surface area contributed by atoms with Gasteiger partial charge in [-0.25, -0.2) is 13.2 Å². The van der Waals surface area contributed by atoms with Crippen molar-refractivity contribution >= 4 is 28.0 Å². The minimum atomic E-state index is -3.87. The SMILES string of the molecule is COC(=O)C1=C(C)N(CCc2ccccc2)C(=O)/C1=C/c1ccc(CN(Cc2ccccc2)S(=O)(=O)c2ccc(C)cc2)o1. The van der Waals surface area contributed by atoms with Gasteiger partial charge < -0.3 is 14.1 Å². The van der Waals surface area contributed by atoms with Crippen molar-refractivity contribution in [2.24, 2.45) is 0 Å². The van der Waals surface area contributed by atoms with Crippen LogP contribution in [0, 0.1) is 6.92 Å². The predicted octanol–water partition coefficient (Wildman–Crippen LogP) is 5.89. The third kappa shape index (κ3) is 6.74. The summed E-state index contributed by atoms with van der Waals surface area (Å²) in [6.45, 7) is 4.11. The molecule has 1 aliphatic heterocycles. The van der Waals surface area contributed by atoms with E-state index in [-0.39, 0.29) is 35.0 Å². The number of furan rings is 1. The number of hydrogen-bond acceptors (Lipinski definition) is 6. The zero-order valence-corrected chi connectivity index (χ0v) is 25.7. The van der Waals surface area contributed by atoms with Gasteiger partial charge in [0.15, 0.2) is 0 Å². The van der Waals surface area contributed by atoms with Crippen LogP contribution in [0.1, 0.15) is 35.1 Å². The molecular weight excluding hydrogens is 576 g/mol. The van der Waals surface area contributed by atoms with E-state index in [9.17, 15) is 18.0 Å². The predicted molar refractivity (Wildman–Crippen MR) is 167 cm³/mol. The standard InChI is InChI=1S/C35H34N2O6S/c1-25-14-18-31(19-15-25)44(40,41)36(23-28-12-8-5-9-13-28)24-30-17-16-29(43-30)22-32-33(35(39)42-3)26(2)37(34(32)38)21-20-27-10-6-4-7-11-27/h4-19,22H,20-21,23-24H2,1-3H3/b32-22+. The molecule has 1 amide bonds. The van der Waals surface area contributed by atoms with Crippen LogP contribution in [0.2, 0.25) is 0 Å². The Labute approximate surface area is 257 Å². The Bertz CT molecular complexity index is 1810. The lowest BCUT2D eigenvalue weighted by molar-refractivity contribution is -0.136. The van der Waals surface area contributed by atoms with Crippen molar-refractivity contribution < 1.29 is 27.2 Å². The van der Waals surface area contributed by atoms with Crippen molar-refractivity contribution in [3.8, 4) is 0 Å². The van der Waals surface area contributed by atoms with Crippen LogP contribution in [0.25, 0.3) is 6.08 Å². The molecule has 0 N–H and O–H groups in total. The first-order valence-electron chi connectivity index (χ1n) is 14.2. The highest BCUT2D eigenvalue weighted by Gasteiger charge is 2.37. The van der Waals surface area contributed by atoms with E-state index in [4.69, 9.17) is 9.15 Å². The van der Waals surface area contributed by atoms with Gasteiger partial charge in [0.25, 0.3) is 5.91 Å². The minimum absolute atomic E-state index is 0.0375. The summed E-state index contributed by atoms with van der Waals surface area (Å²) >= 11 is 0. The lowest BCUT2D eigenvalue weighted by Gasteiger charge is -2.21. The normalized spacial score (nSPS) is 14.6.